The summed E-state index contributed by atoms with van der Waals surface area (Å²) in [5.74, 6) is 0.162. The number of aromatic nitrogens is 1. The number of hydrogen-bond acceptors (Lipinski definition) is 3. The van der Waals surface area contributed by atoms with E-state index >= 15 is 0 Å². The van der Waals surface area contributed by atoms with Crippen molar-refractivity contribution in [1.82, 2.24) is 4.98 Å². The van der Waals surface area contributed by atoms with Crippen molar-refractivity contribution in [2.45, 2.75) is 12.3 Å². The SMILES string of the molecule is NCCc1csc(C(c2ccccc2)c2cccc(Br)c2)n1. The molecule has 0 saturated heterocycles. The van der Waals surface area contributed by atoms with Gasteiger partial charge in [-0.3, -0.25) is 0 Å². The zero-order valence-electron chi connectivity index (χ0n) is 12.1. The highest BCUT2D eigenvalue weighted by Gasteiger charge is 2.20. The van der Waals surface area contributed by atoms with E-state index in [2.05, 4.69) is 63.8 Å². The Balaban J connectivity index is 2.06. The lowest BCUT2D eigenvalue weighted by Crippen LogP contribution is -2.05. The predicted molar refractivity (Wildman–Crippen MR) is 96.4 cm³/mol. The lowest BCUT2D eigenvalue weighted by atomic mass is 9.92. The van der Waals surface area contributed by atoms with Gasteiger partial charge in [-0.2, -0.15) is 0 Å². The van der Waals surface area contributed by atoms with Gasteiger partial charge in [0, 0.05) is 16.3 Å². The van der Waals surface area contributed by atoms with E-state index in [4.69, 9.17) is 10.7 Å². The monoisotopic (exact) mass is 372 g/mol. The summed E-state index contributed by atoms with van der Waals surface area (Å²) in [7, 11) is 0. The zero-order chi connectivity index (χ0) is 15.4. The third-order valence-electron chi connectivity index (χ3n) is 3.53. The fourth-order valence-electron chi connectivity index (χ4n) is 2.53. The van der Waals surface area contributed by atoms with Crippen LogP contribution in [-0.2, 0) is 6.42 Å². The summed E-state index contributed by atoms with van der Waals surface area (Å²) >= 11 is 5.28. The van der Waals surface area contributed by atoms with Gasteiger partial charge in [0.15, 0.2) is 0 Å². The Morgan fingerprint density at radius 2 is 1.82 bits per heavy atom. The Morgan fingerprint density at radius 3 is 2.55 bits per heavy atom. The van der Waals surface area contributed by atoms with Crippen molar-refractivity contribution in [3.05, 3.63) is 86.3 Å². The van der Waals surface area contributed by atoms with E-state index in [1.54, 1.807) is 11.3 Å². The summed E-state index contributed by atoms with van der Waals surface area (Å²) in [4.78, 5) is 4.81. The van der Waals surface area contributed by atoms with Crippen LogP contribution in [0, 0.1) is 0 Å². The molecule has 112 valence electrons. The third-order valence-corrected chi connectivity index (χ3v) is 4.98. The quantitative estimate of drug-likeness (QED) is 0.711. The van der Waals surface area contributed by atoms with E-state index in [0.717, 1.165) is 21.6 Å². The van der Waals surface area contributed by atoms with Crippen LogP contribution >= 0.6 is 27.3 Å². The highest BCUT2D eigenvalue weighted by molar-refractivity contribution is 9.10. The topological polar surface area (TPSA) is 38.9 Å². The molecule has 0 spiro atoms. The molecule has 22 heavy (non-hydrogen) atoms. The van der Waals surface area contributed by atoms with Gasteiger partial charge in [-0.25, -0.2) is 4.98 Å². The molecule has 1 atom stereocenters. The average Bonchev–Trinajstić information content (AvgIpc) is 2.97. The summed E-state index contributed by atoms with van der Waals surface area (Å²) in [6, 6.07) is 19.0. The highest BCUT2D eigenvalue weighted by Crippen LogP contribution is 2.34. The highest BCUT2D eigenvalue weighted by atomic mass is 79.9. The van der Waals surface area contributed by atoms with Crippen LogP contribution in [0.1, 0.15) is 27.7 Å². The number of nitrogens with two attached hydrogens (primary N) is 1. The molecule has 2 nitrogen and oxygen atoms in total. The van der Waals surface area contributed by atoms with Crippen molar-refractivity contribution >= 4 is 27.3 Å². The van der Waals surface area contributed by atoms with E-state index < -0.39 is 0 Å². The first-order valence-electron chi connectivity index (χ1n) is 7.22. The second kappa shape index (κ2) is 7.18. The molecule has 0 bridgehead atoms. The smallest absolute Gasteiger partial charge is 0.105 e. The maximum atomic E-state index is 5.65. The molecule has 0 aliphatic heterocycles. The molecule has 0 amide bonds. The minimum absolute atomic E-state index is 0.162. The van der Waals surface area contributed by atoms with Crippen LogP contribution in [0.3, 0.4) is 0 Å². The summed E-state index contributed by atoms with van der Waals surface area (Å²) in [6.45, 7) is 0.635. The number of thiazole rings is 1. The fraction of sp³-hybridized carbons (Fsp3) is 0.167. The second-order valence-electron chi connectivity index (χ2n) is 5.11. The van der Waals surface area contributed by atoms with Crippen molar-refractivity contribution in [3.63, 3.8) is 0 Å². The molecule has 3 rings (SSSR count). The number of hydrogen-bond donors (Lipinski definition) is 1. The molecular formula is C18H17BrN2S. The normalized spacial score (nSPS) is 12.3. The van der Waals surface area contributed by atoms with Gasteiger partial charge in [-0.05, 0) is 29.8 Å². The molecule has 0 aliphatic carbocycles. The molecule has 0 radical (unpaired) electrons. The number of benzene rings is 2. The van der Waals surface area contributed by atoms with E-state index in [1.807, 2.05) is 12.1 Å². The molecule has 3 aromatic rings. The number of rotatable bonds is 5. The Bertz CT molecular complexity index is 740. The van der Waals surface area contributed by atoms with Crippen LogP contribution in [0.5, 0.6) is 0 Å². The third kappa shape index (κ3) is 3.46. The number of halogens is 1. The fourth-order valence-corrected chi connectivity index (χ4v) is 3.95. The summed E-state index contributed by atoms with van der Waals surface area (Å²) in [5, 5.41) is 3.24. The number of nitrogens with zero attached hydrogens (tertiary/aromatic N) is 1. The molecule has 0 saturated carbocycles. The van der Waals surface area contributed by atoms with Crippen molar-refractivity contribution in [2.24, 2.45) is 5.73 Å². The molecule has 1 heterocycles. The zero-order valence-corrected chi connectivity index (χ0v) is 14.5. The first kappa shape index (κ1) is 15.4. The standard InChI is InChI=1S/C18H17BrN2S/c19-15-8-4-7-14(11-15)17(13-5-2-1-3-6-13)18-21-16(9-10-20)12-22-18/h1-8,11-12,17H,9-10,20H2. The van der Waals surface area contributed by atoms with E-state index in [9.17, 15) is 0 Å². The van der Waals surface area contributed by atoms with Gasteiger partial charge in [0.25, 0.3) is 0 Å². The van der Waals surface area contributed by atoms with Gasteiger partial charge < -0.3 is 5.73 Å². The predicted octanol–water partition coefficient (Wildman–Crippen LogP) is 4.59. The Labute approximate surface area is 143 Å². The van der Waals surface area contributed by atoms with Crippen molar-refractivity contribution in [2.75, 3.05) is 6.54 Å². The van der Waals surface area contributed by atoms with Crippen molar-refractivity contribution < 1.29 is 0 Å². The van der Waals surface area contributed by atoms with Gasteiger partial charge in [0.2, 0.25) is 0 Å². The van der Waals surface area contributed by atoms with Crippen LogP contribution in [0.25, 0.3) is 0 Å². The minimum atomic E-state index is 0.162. The van der Waals surface area contributed by atoms with Crippen LogP contribution in [0.4, 0.5) is 0 Å². The summed E-state index contributed by atoms with van der Waals surface area (Å²) < 4.78 is 1.09. The molecule has 4 heteroatoms. The maximum Gasteiger partial charge on any atom is 0.105 e. The van der Waals surface area contributed by atoms with Crippen molar-refractivity contribution in [1.29, 1.82) is 0 Å². The molecule has 2 aromatic carbocycles. The lowest BCUT2D eigenvalue weighted by molar-refractivity contribution is 0.893. The molecule has 0 aliphatic rings. The Hall–Kier alpha value is -1.49. The lowest BCUT2D eigenvalue weighted by Gasteiger charge is -2.16. The van der Waals surface area contributed by atoms with Crippen molar-refractivity contribution in [3.8, 4) is 0 Å². The largest absolute Gasteiger partial charge is 0.330 e. The molecule has 1 unspecified atom stereocenters. The van der Waals surface area contributed by atoms with Crippen LogP contribution < -0.4 is 5.73 Å². The molecule has 0 fully saturated rings. The van der Waals surface area contributed by atoms with Crippen LogP contribution in [0.2, 0.25) is 0 Å². The van der Waals surface area contributed by atoms with E-state index in [-0.39, 0.29) is 5.92 Å². The Morgan fingerprint density at radius 1 is 1.05 bits per heavy atom. The molecule has 1 aromatic heterocycles. The van der Waals surface area contributed by atoms with Gasteiger partial charge in [-0.1, -0.05) is 58.4 Å². The maximum absolute atomic E-state index is 5.65. The van der Waals surface area contributed by atoms with E-state index in [0.29, 0.717) is 6.54 Å². The van der Waals surface area contributed by atoms with Crippen LogP contribution in [0.15, 0.2) is 64.5 Å². The van der Waals surface area contributed by atoms with Gasteiger partial charge in [0.1, 0.15) is 5.01 Å². The average molecular weight is 373 g/mol. The minimum Gasteiger partial charge on any atom is -0.330 e. The van der Waals surface area contributed by atoms with Gasteiger partial charge in [-0.15, -0.1) is 11.3 Å². The molecule has 2 N–H and O–H groups in total. The first-order chi connectivity index (χ1) is 10.8. The van der Waals surface area contributed by atoms with Gasteiger partial charge >= 0.3 is 0 Å². The molecular weight excluding hydrogens is 356 g/mol. The summed E-state index contributed by atoms with van der Waals surface area (Å²) in [6.07, 6.45) is 0.830. The van der Waals surface area contributed by atoms with E-state index in [1.165, 1.54) is 11.1 Å². The Kier molecular flexibility index (Phi) is 5.03. The van der Waals surface area contributed by atoms with Crippen LogP contribution in [-0.4, -0.2) is 11.5 Å². The second-order valence-corrected chi connectivity index (χ2v) is 6.92. The van der Waals surface area contributed by atoms with Gasteiger partial charge in [0.05, 0.1) is 11.6 Å². The first-order valence-corrected chi connectivity index (χ1v) is 8.90. The summed E-state index contributed by atoms with van der Waals surface area (Å²) in [5.41, 5.74) is 9.23.